The van der Waals surface area contributed by atoms with Gasteiger partial charge in [-0.3, -0.25) is 4.84 Å². The maximum Gasteiger partial charge on any atom is 0.418 e. The summed E-state index contributed by atoms with van der Waals surface area (Å²) in [6.07, 6.45) is -4.36. The van der Waals surface area contributed by atoms with E-state index in [0.717, 1.165) is 6.07 Å². The van der Waals surface area contributed by atoms with Gasteiger partial charge in [-0.25, -0.2) is 0 Å². The van der Waals surface area contributed by atoms with Crippen molar-refractivity contribution >= 4 is 17.5 Å². The molecule has 0 unspecified atom stereocenters. The molecule has 0 aliphatic heterocycles. The van der Waals surface area contributed by atoms with Gasteiger partial charge in [0, 0.05) is 11.8 Å². The quantitative estimate of drug-likeness (QED) is 0.679. The second-order valence-corrected chi connectivity index (χ2v) is 2.33. The first-order valence-corrected chi connectivity index (χ1v) is 3.46. The van der Waals surface area contributed by atoms with Gasteiger partial charge in [0.1, 0.15) is 0 Å². The number of anilines is 1. The average Bonchev–Trinajstić information content (AvgIpc) is 2.03. The summed E-state index contributed by atoms with van der Waals surface area (Å²) in [5.74, 6) is 0. The van der Waals surface area contributed by atoms with Crippen molar-refractivity contribution in [1.82, 2.24) is 0 Å². The summed E-state index contributed by atoms with van der Waals surface area (Å²) in [6, 6.07) is 5.00. The Kier molecular flexibility index (Phi) is 2.47. The first-order chi connectivity index (χ1) is 5.55. The molecule has 1 aromatic carbocycles. The Bertz CT molecular complexity index is 272. The minimum absolute atomic E-state index is 0.133. The second-order valence-electron chi connectivity index (χ2n) is 2.14. The van der Waals surface area contributed by atoms with Crippen LogP contribution < -0.4 is 4.84 Å². The van der Waals surface area contributed by atoms with Crippen LogP contribution in [0.5, 0.6) is 0 Å². The molecule has 1 nitrogen and oxygen atoms in total. The van der Waals surface area contributed by atoms with Crippen molar-refractivity contribution in [2.45, 2.75) is 6.18 Å². The Morgan fingerprint density at radius 3 is 2.17 bits per heavy atom. The molecule has 0 saturated heterocycles. The number of nitrogens with one attached hydrogen (secondary N) is 1. The highest BCUT2D eigenvalue weighted by atomic mass is 35.5. The SMILES string of the molecule is FC(F)(F)c1ccccc1NCl. The first-order valence-electron chi connectivity index (χ1n) is 3.08. The van der Waals surface area contributed by atoms with E-state index in [1.807, 2.05) is 4.84 Å². The Morgan fingerprint density at radius 1 is 1.17 bits per heavy atom. The van der Waals surface area contributed by atoms with Crippen LogP contribution >= 0.6 is 11.8 Å². The van der Waals surface area contributed by atoms with Crippen LogP contribution in [0, 0.1) is 0 Å². The number of rotatable bonds is 1. The maximum atomic E-state index is 12.1. The molecule has 1 rings (SSSR count). The summed E-state index contributed by atoms with van der Waals surface area (Å²) in [7, 11) is 0. The highest BCUT2D eigenvalue weighted by Crippen LogP contribution is 2.34. The fourth-order valence-electron chi connectivity index (χ4n) is 0.813. The summed E-state index contributed by atoms with van der Waals surface area (Å²) in [5.41, 5.74) is -0.897. The van der Waals surface area contributed by atoms with Crippen LogP contribution in [0.1, 0.15) is 5.56 Å². The van der Waals surface area contributed by atoms with Crippen molar-refractivity contribution in [3.8, 4) is 0 Å². The molecule has 0 aliphatic carbocycles. The molecular weight excluding hydrogens is 191 g/mol. The topological polar surface area (TPSA) is 12.0 Å². The predicted octanol–water partition coefficient (Wildman–Crippen LogP) is 3.27. The van der Waals surface area contributed by atoms with Gasteiger partial charge < -0.3 is 0 Å². The van der Waals surface area contributed by atoms with Crippen LogP contribution in [-0.4, -0.2) is 0 Å². The monoisotopic (exact) mass is 195 g/mol. The van der Waals surface area contributed by atoms with Gasteiger partial charge in [-0.2, -0.15) is 13.2 Å². The minimum atomic E-state index is -4.36. The zero-order valence-electron chi connectivity index (χ0n) is 5.82. The highest BCUT2D eigenvalue weighted by molar-refractivity contribution is 6.24. The van der Waals surface area contributed by atoms with Crippen LogP contribution in [0.2, 0.25) is 0 Å². The van der Waals surface area contributed by atoms with Crippen molar-refractivity contribution in [3.05, 3.63) is 29.8 Å². The van der Waals surface area contributed by atoms with Gasteiger partial charge in [0.05, 0.1) is 11.3 Å². The van der Waals surface area contributed by atoms with Crippen LogP contribution in [0.3, 0.4) is 0 Å². The molecule has 0 aliphatic rings. The molecule has 5 heteroatoms. The van der Waals surface area contributed by atoms with E-state index < -0.39 is 11.7 Å². The number of alkyl halides is 3. The molecule has 1 aromatic rings. The molecule has 0 radical (unpaired) electrons. The molecule has 0 heterocycles. The van der Waals surface area contributed by atoms with E-state index in [2.05, 4.69) is 0 Å². The van der Waals surface area contributed by atoms with Gasteiger partial charge in [0.15, 0.2) is 0 Å². The summed E-state index contributed by atoms with van der Waals surface area (Å²) >= 11 is 5.09. The van der Waals surface area contributed by atoms with E-state index in [1.54, 1.807) is 0 Å². The molecule has 66 valence electrons. The van der Waals surface area contributed by atoms with Gasteiger partial charge in [-0.15, -0.1) is 0 Å². The molecule has 0 atom stereocenters. The maximum absolute atomic E-state index is 12.1. The van der Waals surface area contributed by atoms with E-state index in [0.29, 0.717) is 0 Å². The predicted molar refractivity (Wildman–Crippen MR) is 40.9 cm³/mol. The summed E-state index contributed by atoms with van der Waals surface area (Å²) in [5, 5.41) is 0. The van der Waals surface area contributed by atoms with E-state index in [1.165, 1.54) is 18.2 Å². The Morgan fingerprint density at radius 2 is 1.75 bits per heavy atom. The third kappa shape index (κ3) is 1.82. The van der Waals surface area contributed by atoms with Gasteiger partial charge in [-0.1, -0.05) is 12.1 Å². The second kappa shape index (κ2) is 3.23. The van der Waals surface area contributed by atoms with E-state index in [4.69, 9.17) is 11.8 Å². The van der Waals surface area contributed by atoms with Gasteiger partial charge in [-0.05, 0) is 12.1 Å². The van der Waals surface area contributed by atoms with Crippen molar-refractivity contribution in [2.75, 3.05) is 4.84 Å². The molecule has 0 saturated carbocycles. The van der Waals surface area contributed by atoms with Crippen molar-refractivity contribution in [3.63, 3.8) is 0 Å². The van der Waals surface area contributed by atoms with E-state index >= 15 is 0 Å². The average molecular weight is 196 g/mol. The Hall–Kier alpha value is -0.900. The van der Waals surface area contributed by atoms with Crippen molar-refractivity contribution in [2.24, 2.45) is 0 Å². The molecule has 0 bridgehead atoms. The van der Waals surface area contributed by atoms with Gasteiger partial charge in [0.25, 0.3) is 0 Å². The number of hydrogen-bond donors (Lipinski definition) is 1. The summed E-state index contributed by atoms with van der Waals surface area (Å²) < 4.78 is 36.4. The largest absolute Gasteiger partial charge is 0.418 e. The Labute approximate surface area is 72.3 Å². The molecule has 0 fully saturated rings. The van der Waals surface area contributed by atoms with Crippen LogP contribution in [0.25, 0.3) is 0 Å². The summed E-state index contributed by atoms with van der Waals surface area (Å²) in [6.45, 7) is 0. The van der Waals surface area contributed by atoms with E-state index in [-0.39, 0.29) is 5.69 Å². The fourth-order valence-corrected chi connectivity index (χ4v) is 0.978. The molecule has 0 amide bonds. The standard InChI is InChI=1S/C7H5ClF3N/c8-12-6-4-2-1-3-5(6)7(9,10)11/h1-4,12H. The van der Waals surface area contributed by atoms with Crippen molar-refractivity contribution in [1.29, 1.82) is 0 Å². The highest BCUT2D eigenvalue weighted by Gasteiger charge is 2.32. The third-order valence-electron chi connectivity index (χ3n) is 1.33. The molecule has 12 heavy (non-hydrogen) atoms. The fraction of sp³-hybridized carbons (Fsp3) is 0.143. The third-order valence-corrected chi connectivity index (χ3v) is 1.54. The molecule has 0 spiro atoms. The number of halogens is 4. The number of hydrogen-bond acceptors (Lipinski definition) is 1. The first kappa shape index (κ1) is 9.19. The summed E-state index contributed by atoms with van der Waals surface area (Å²) in [4.78, 5) is 1.95. The lowest BCUT2D eigenvalue weighted by atomic mass is 10.2. The van der Waals surface area contributed by atoms with Crippen LogP contribution in [-0.2, 0) is 6.18 Å². The lowest BCUT2D eigenvalue weighted by Gasteiger charge is -2.10. The van der Waals surface area contributed by atoms with Gasteiger partial charge in [0.2, 0.25) is 0 Å². The van der Waals surface area contributed by atoms with Gasteiger partial charge >= 0.3 is 6.18 Å². The smallest absolute Gasteiger partial charge is 0.298 e. The van der Waals surface area contributed by atoms with E-state index in [9.17, 15) is 13.2 Å². The zero-order chi connectivity index (χ0) is 9.19. The Balaban J connectivity index is 3.14. The van der Waals surface area contributed by atoms with Crippen LogP contribution in [0.15, 0.2) is 24.3 Å². The number of benzene rings is 1. The normalized spacial score (nSPS) is 11.3. The lowest BCUT2D eigenvalue weighted by molar-refractivity contribution is -0.136. The number of para-hydroxylation sites is 1. The van der Waals surface area contributed by atoms with Crippen LogP contribution in [0.4, 0.5) is 18.9 Å². The zero-order valence-corrected chi connectivity index (χ0v) is 6.58. The van der Waals surface area contributed by atoms with Crippen molar-refractivity contribution < 1.29 is 13.2 Å². The minimum Gasteiger partial charge on any atom is -0.298 e. The lowest BCUT2D eigenvalue weighted by Crippen LogP contribution is -2.06. The molecule has 0 aromatic heterocycles. The molecular formula is C7H5ClF3N. The molecule has 1 N–H and O–H groups in total.